The maximum Gasteiger partial charge on any atom is 0.256 e. The smallest absolute Gasteiger partial charge is 0.256 e. The van der Waals surface area contributed by atoms with Crippen molar-refractivity contribution in [2.75, 3.05) is 36.0 Å². The molecule has 1 aromatic carbocycles. The number of nitrogens with one attached hydrogen (secondary N) is 1. The molecular formula is C24H33N7O3S. The molecule has 2 aromatic heterocycles. The van der Waals surface area contributed by atoms with E-state index < -0.39 is 10.0 Å². The Morgan fingerprint density at radius 2 is 2.06 bits per heavy atom. The number of amides is 1. The Labute approximate surface area is 206 Å². The topological polar surface area (TPSA) is 126 Å². The molecule has 0 unspecified atom stereocenters. The highest BCUT2D eigenvalue weighted by atomic mass is 32.2. The summed E-state index contributed by atoms with van der Waals surface area (Å²) in [6, 6.07) is 6.84. The number of rotatable bonds is 7. The Morgan fingerprint density at radius 3 is 2.69 bits per heavy atom. The van der Waals surface area contributed by atoms with Crippen LogP contribution in [0.4, 0.5) is 11.5 Å². The number of carbonyl (C=O) groups excluding carboxylic acids is 1. The van der Waals surface area contributed by atoms with Gasteiger partial charge in [-0.1, -0.05) is 13.0 Å². The van der Waals surface area contributed by atoms with Crippen LogP contribution in [0.25, 0.3) is 5.65 Å². The molecule has 1 aliphatic rings. The fourth-order valence-electron chi connectivity index (χ4n) is 4.62. The Hall–Kier alpha value is -3.18. The van der Waals surface area contributed by atoms with Gasteiger partial charge < -0.3 is 15.5 Å². The quantitative estimate of drug-likeness (QED) is 0.511. The van der Waals surface area contributed by atoms with Crippen molar-refractivity contribution in [3.8, 4) is 0 Å². The van der Waals surface area contributed by atoms with Gasteiger partial charge in [0.2, 0.25) is 10.0 Å². The van der Waals surface area contributed by atoms with Gasteiger partial charge in [-0.05, 0) is 44.4 Å². The number of nitrogens with zero attached hydrogens (tertiary/aromatic N) is 5. The Morgan fingerprint density at radius 1 is 1.31 bits per heavy atom. The second kappa shape index (κ2) is 9.46. The van der Waals surface area contributed by atoms with Crippen molar-refractivity contribution >= 4 is 33.1 Å². The van der Waals surface area contributed by atoms with Gasteiger partial charge in [-0.2, -0.15) is 5.10 Å². The van der Waals surface area contributed by atoms with Crippen LogP contribution in [-0.2, 0) is 10.0 Å². The normalized spacial score (nSPS) is 17.1. The number of anilines is 2. The number of carbonyl (C=O) groups is 1. The van der Waals surface area contributed by atoms with Crippen molar-refractivity contribution in [3.63, 3.8) is 0 Å². The molecule has 0 bridgehead atoms. The lowest BCUT2D eigenvalue weighted by Gasteiger charge is -2.27. The van der Waals surface area contributed by atoms with Crippen molar-refractivity contribution in [2.45, 2.75) is 45.7 Å². The molecule has 1 saturated heterocycles. The van der Waals surface area contributed by atoms with Crippen molar-refractivity contribution in [1.29, 1.82) is 0 Å². The molecule has 3 N–H and O–H groups in total. The van der Waals surface area contributed by atoms with Crippen LogP contribution in [-0.4, -0.2) is 66.3 Å². The van der Waals surface area contributed by atoms with Gasteiger partial charge >= 0.3 is 0 Å². The molecular weight excluding hydrogens is 466 g/mol. The summed E-state index contributed by atoms with van der Waals surface area (Å²) < 4.78 is 28.0. The Kier molecular flexibility index (Phi) is 6.74. The standard InChI is InChI=1S/C24H33N7O3S/c1-6-21(29(4)24(32)18-8-7-15(2)11-19(18)28-35(5,33)34)20-12-22-26-23(16(3)13-31(22)27-20)30-10-9-17(25)14-30/h7-8,11-13,17,21,28H,6,9-10,14,25H2,1-5H3/t17-,21-/m0/s1. The minimum absolute atomic E-state index is 0.154. The van der Waals surface area contributed by atoms with Crippen molar-refractivity contribution in [1.82, 2.24) is 19.5 Å². The van der Waals surface area contributed by atoms with Crippen LogP contribution in [0.1, 0.15) is 53.0 Å². The monoisotopic (exact) mass is 499 g/mol. The van der Waals surface area contributed by atoms with E-state index in [1.54, 1.807) is 34.7 Å². The van der Waals surface area contributed by atoms with Crippen molar-refractivity contribution < 1.29 is 13.2 Å². The molecule has 1 aliphatic heterocycles. The van der Waals surface area contributed by atoms with Crippen LogP contribution in [0.3, 0.4) is 0 Å². The number of fused-ring (bicyclic) bond motifs is 1. The van der Waals surface area contributed by atoms with E-state index in [4.69, 9.17) is 15.8 Å². The first-order valence-electron chi connectivity index (χ1n) is 11.7. The first-order valence-corrected chi connectivity index (χ1v) is 13.6. The third-order valence-corrected chi connectivity index (χ3v) is 6.96. The molecule has 1 fully saturated rings. The summed E-state index contributed by atoms with van der Waals surface area (Å²) in [6.45, 7) is 7.49. The zero-order chi connectivity index (χ0) is 25.5. The fourth-order valence-corrected chi connectivity index (χ4v) is 5.19. The minimum Gasteiger partial charge on any atom is -0.355 e. The average Bonchev–Trinajstić information content (AvgIpc) is 3.37. The van der Waals surface area contributed by atoms with Gasteiger partial charge in [-0.25, -0.2) is 17.9 Å². The number of aromatic nitrogens is 3. The largest absolute Gasteiger partial charge is 0.355 e. The first-order chi connectivity index (χ1) is 16.5. The number of hydrogen-bond donors (Lipinski definition) is 2. The molecule has 4 rings (SSSR count). The molecule has 0 spiro atoms. The predicted octanol–water partition coefficient (Wildman–Crippen LogP) is 2.48. The molecule has 3 heterocycles. The second-order valence-corrected chi connectivity index (χ2v) is 11.1. The summed E-state index contributed by atoms with van der Waals surface area (Å²) >= 11 is 0. The summed E-state index contributed by atoms with van der Waals surface area (Å²) in [5.41, 5.74) is 9.91. The predicted molar refractivity (Wildman–Crippen MR) is 137 cm³/mol. The zero-order valence-electron chi connectivity index (χ0n) is 20.8. The van der Waals surface area contributed by atoms with E-state index in [1.165, 1.54) is 0 Å². The SMILES string of the molecule is CC[C@@H](c1cc2nc(N3CC[C@H](N)C3)c(C)cn2n1)N(C)C(=O)c1ccc(C)cc1NS(C)(=O)=O. The van der Waals surface area contributed by atoms with Gasteiger partial charge in [0, 0.05) is 44.0 Å². The Bertz CT molecular complexity index is 1370. The van der Waals surface area contributed by atoms with Gasteiger partial charge in [0.1, 0.15) is 5.82 Å². The van der Waals surface area contributed by atoms with Crippen molar-refractivity contribution in [3.05, 3.63) is 52.8 Å². The third-order valence-electron chi connectivity index (χ3n) is 6.37. The van der Waals surface area contributed by atoms with E-state index in [1.807, 2.05) is 33.0 Å². The zero-order valence-corrected chi connectivity index (χ0v) is 21.6. The van der Waals surface area contributed by atoms with E-state index in [2.05, 4.69) is 9.62 Å². The van der Waals surface area contributed by atoms with Gasteiger partial charge in [0.25, 0.3) is 5.91 Å². The lowest BCUT2D eigenvalue weighted by atomic mass is 10.1. The van der Waals surface area contributed by atoms with Crippen LogP contribution < -0.4 is 15.4 Å². The molecule has 3 aromatic rings. The first kappa shape index (κ1) is 24.9. The molecule has 0 aliphatic carbocycles. The highest BCUT2D eigenvalue weighted by molar-refractivity contribution is 7.92. The van der Waals surface area contributed by atoms with E-state index >= 15 is 0 Å². The molecule has 0 radical (unpaired) electrons. The minimum atomic E-state index is -3.55. The third kappa shape index (κ3) is 5.25. The molecule has 35 heavy (non-hydrogen) atoms. The summed E-state index contributed by atoms with van der Waals surface area (Å²) in [7, 11) is -1.84. The highest BCUT2D eigenvalue weighted by Crippen LogP contribution is 2.29. The lowest BCUT2D eigenvalue weighted by Crippen LogP contribution is -2.32. The van der Waals surface area contributed by atoms with Crippen LogP contribution in [0.2, 0.25) is 0 Å². The van der Waals surface area contributed by atoms with E-state index in [9.17, 15) is 13.2 Å². The van der Waals surface area contributed by atoms with Crippen LogP contribution in [0.5, 0.6) is 0 Å². The highest BCUT2D eigenvalue weighted by Gasteiger charge is 2.27. The van der Waals surface area contributed by atoms with E-state index in [0.29, 0.717) is 12.1 Å². The summed E-state index contributed by atoms with van der Waals surface area (Å²) in [4.78, 5) is 22.1. The Balaban J connectivity index is 1.66. The summed E-state index contributed by atoms with van der Waals surface area (Å²) in [6.07, 6.45) is 4.59. The molecule has 188 valence electrons. The van der Waals surface area contributed by atoms with Crippen LogP contribution in [0, 0.1) is 13.8 Å². The molecule has 11 heteroatoms. The number of sulfonamides is 1. The van der Waals surface area contributed by atoms with Gasteiger partial charge in [-0.15, -0.1) is 0 Å². The van der Waals surface area contributed by atoms with Gasteiger partial charge in [-0.3, -0.25) is 9.52 Å². The summed E-state index contributed by atoms with van der Waals surface area (Å²) in [5, 5.41) is 4.73. The average molecular weight is 500 g/mol. The number of benzene rings is 1. The second-order valence-electron chi connectivity index (χ2n) is 9.38. The fraction of sp³-hybridized carbons (Fsp3) is 0.458. The maximum absolute atomic E-state index is 13.5. The lowest BCUT2D eigenvalue weighted by molar-refractivity contribution is 0.0723. The number of aryl methyl sites for hydroxylation is 2. The summed E-state index contributed by atoms with van der Waals surface area (Å²) in [5.74, 6) is 0.612. The van der Waals surface area contributed by atoms with Gasteiger partial charge in [0.05, 0.1) is 29.2 Å². The van der Waals surface area contributed by atoms with Crippen molar-refractivity contribution in [2.24, 2.45) is 5.73 Å². The molecule has 1 amide bonds. The molecule has 0 saturated carbocycles. The van der Waals surface area contributed by atoms with E-state index in [0.717, 1.165) is 48.4 Å². The van der Waals surface area contributed by atoms with Crippen LogP contribution >= 0.6 is 0 Å². The molecule has 2 atom stereocenters. The van der Waals surface area contributed by atoms with Gasteiger partial charge in [0.15, 0.2) is 5.65 Å². The maximum atomic E-state index is 13.5. The number of nitrogens with two attached hydrogens (primary N) is 1. The van der Waals surface area contributed by atoms with E-state index in [-0.39, 0.29) is 29.2 Å². The van der Waals surface area contributed by atoms with Crippen LogP contribution in [0.15, 0.2) is 30.5 Å². The number of hydrogen-bond acceptors (Lipinski definition) is 7. The molecule has 10 nitrogen and oxygen atoms in total.